The van der Waals surface area contributed by atoms with E-state index in [4.69, 9.17) is 9.47 Å². The number of carbonyl (C=O) groups excluding carboxylic acids is 1. The molecule has 29 heavy (non-hydrogen) atoms. The van der Waals surface area contributed by atoms with E-state index in [0.717, 1.165) is 24.8 Å². The Kier molecular flexibility index (Phi) is 6.09. The lowest BCUT2D eigenvalue weighted by atomic mass is 9.86. The number of nitrogens with one attached hydrogen (secondary N) is 1. The fourth-order valence-electron chi connectivity index (χ4n) is 4.47. The van der Waals surface area contributed by atoms with Gasteiger partial charge in [0.2, 0.25) is 5.91 Å². The first-order valence-electron chi connectivity index (χ1n) is 10.6. The van der Waals surface area contributed by atoms with Crippen LogP contribution in [0.5, 0.6) is 11.8 Å². The summed E-state index contributed by atoms with van der Waals surface area (Å²) in [5.74, 6) is 1.64. The Labute approximate surface area is 172 Å². The Balaban J connectivity index is 1.44. The van der Waals surface area contributed by atoms with Crippen LogP contribution in [0.25, 0.3) is 0 Å². The topological polar surface area (TPSA) is 73.3 Å². The first-order valence-corrected chi connectivity index (χ1v) is 10.6. The average Bonchev–Trinajstić information content (AvgIpc) is 3.18. The number of benzene rings is 1. The molecule has 6 heteroatoms. The highest BCUT2D eigenvalue weighted by atomic mass is 16.5. The molecule has 4 rings (SSSR count). The largest absolute Gasteiger partial charge is 0.424 e. The van der Waals surface area contributed by atoms with E-state index in [-0.39, 0.29) is 24.2 Å². The van der Waals surface area contributed by atoms with Crippen LogP contribution in [0.1, 0.15) is 57.6 Å². The molecule has 6 nitrogen and oxygen atoms in total. The Morgan fingerprint density at radius 1 is 1.21 bits per heavy atom. The number of aromatic nitrogens is 2. The van der Waals surface area contributed by atoms with Gasteiger partial charge >= 0.3 is 6.01 Å². The summed E-state index contributed by atoms with van der Waals surface area (Å²) in [7, 11) is 0. The lowest BCUT2D eigenvalue weighted by Crippen LogP contribution is -2.48. The average molecular weight is 396 g/mol. The molecule has 0 radical (unpaired) electrons. The smallest absolute Gasteiger partial charge is 0.321 e. The van der Waals surface area contributed by atoms with Gasteiger partial charge in [0, 0.05) is 30.8 Å². The molecule has 1 aliphatic carbocycles. The fourth-order valence-corrected chi connectivity index (χ4v) is 4.47. The number of carbonyl (C=O) groups is 1. The van der Waals surface area contributed by atoms with E-state index in [2.05, 4.69) is 29.1 Å². The van der Waals surface area contributed by atoms with Crippen molar-refractivity contribution in [2.45, 2.75) is 64.2 Å². The van der Waals surface area contributed by atoms with E-state index in [1.165, 1.54) is 6.42 Å². The van der Waals surface area contributed by atoms with E-state index in [1.807, 2.05) is 24.3 Å². The van der Waals surface area contributed by atoms with Crippen LogP contribution >= 0.6 is 0 Å². The van der Waals surface area contributed by atoms with Crippen LogP contribution in [0.15, 0.2) is 42.7 Å². The molecule has 2 aromatic rings. The van der Waals surface area contributed by atoms with Gasteiger partial charge < -0.3 is 14.8 Å². The van der Waals surface area contributed by atoms with Crippen molar-refractivity contribution in [3.8, 4) is 11.8 Å². The van der Waals surface area contributed by atoms with Gasteiger partial charge in [-0.05, 0) is 48.9 Å². The molecule has 154 valence electrons. The highest BCUT2D eigenvalue weighted by Crippen LogP contribution is 2.42. The highest BCUT2D eigenvalue weighted by Gasteiger charge is 2.42. The number of fused-ring (bicyclic) bond motifs is 1. The molecular formula is C23H29N3O3. The van der Waals surface area contributed by atoms with Gasteiger partial charge in [-0.2, -0.15) is 0 Å². The maximum atomic E-state index is 12.4. The van der Waals surface area contributed by atoms with Crippen molar-refractivity contribution >= 4 is 5.91 Å². The van der Waals surface area contributed by atoms with Crippen LogP contribution in [0.3, 0.4) is 0 Å². The summed E-state index contributed by atoms with van der Waals surface area (Å²) in [4.78, 5) is 20.6. The van der Waals surface area contributed by atoms with Crippen LogP contribution in [0.4, 0.5) is 0 Å². The van der Waals surface area contributed by atoms with Gasteiger partial charge in [-0.1, -0.05) is 32.4 Å². The zero-order valence-electron chi connectivity index (χ0n) is 17.1. The third-order valence-electron chi connectivity index (χ3n) is 5.77. The number of hydrogen-bond donors (Lipinski definition) is 1. The second-order valence-corrected chi connectivity index (χ2v) is 8.47. The van der Waals surface area contributed by atoms with Gasteiger partial charge in [0.1, 0.15) is 5.75 Å². The predicted octanol–water partition coefficient (Wildman–Crippen LogP) is 4.43. The molecule has 0 bridgehead atoms. The molecule has 1 amide bonds. The van der Waals surface area contributed by atoms with E-state index >= 15 is 0 Å². The van der Waals surface area contributed by atoms with Gasteiger partial charge in [0.05, 0.1) is 12.2 Å². The molecule has 0 spiro atoms. The maximum Gasteiger partial charge on any atom is 0.321 e. The van der Waals surface area contributed by atoms with Gasteiger partial charge in [-0.3, -0.25) is 4.79 Å². The molecular weight excluding hydrogens is 366 g/mol. The second kappa shape index (κ2) is 8.91. The molecule has 2 fully saturated rings. The maximum absolute atomic E-state index is 12.4. The van der Waals surface area contributed by atoms with Crippen molar-refractivity contribution in [2.24, 2.45) is 11.8 Å². The molecule has 1 aromatic carbocycles. The molecule has 1 saturated heterocycles. The number of amides is 1. The van der Waals surface area contributed by atoms with Gasteiger partial charge in [-0.25, -0.2) is 9.97 Å². The number of rotatable bonds is 6. The number of nitrogens with zero attached hydrogens (tertiary/aromatic N) is 2. The molecule has 1 saturated carbocycles. The van der Waals surface area contributed by atoms with E-state index in [1.54, 1.807) is 18.5 Å². The molecule has 1 N–H and O–H groups in total. The molecule has 4 atom stereocenters. The standard InChI is InChI=1S/C23H29N3O3/c1-15(2)13-22(27)26-19-14-21(29-20-6-3-5-18(19)20)16-7-9-17(10-8-16)28-23-24-11-4-12-25-23/h4,7-12,15,18-21H,3,5-6,13-14H2,1-2H3,(H,26,27)/t18-,19+,20+,21+/m0/s1. The summed E-state index contributed by atoms with van der Waals surface area (Å²) in [6.07, 6.45) is 8.28. The zero-order valence-corrected chi connectivity index (χ0v) is 17.1. The quantitative estimate of drug-likeness (QED) is 0.783. The zero-order chi connectivity index (χ0) is 20.2. The Hall–Kier alpha value is -2.47. The minimum Gasteiger partial charge on any atom is -0.424 e. The molecule has 2 heterocycles. The second-order valence-electron chi connectivity index (χ2n) is 8.47. The first-order chi connectivity index (χ1) is 14.1. The SMILES string of the molecule is CC(C)CC(=O)N[C@@H]1C[C@H](c2ccc(Oc3ncccn3)cc2)O[C@@H]2CCC[C@@H]12. The van der Waals surface area contributed by atoms with Crippen LogP contribution in [-0.2, 0) is 9.53 Å². The van der Waals surface area contributed by atoms with Crippen molar-refractivity contribution in [3.63, 3.8) is 0 Å². The van der Waals surface area contributed by atoms with Crippen LogP contribution in [0.2, 0.25) is 0 Å². The fraction of sp³-hybridized carbons (Fsp3) is 0.522. The summed E-state index contributed by atoms with van der Waals surface area (Å²) in [6, 6.07) is 10.2. The van der Waals surface area contributed by atoms with Crippen LogP contribution in [-0.4, -0.2) is 28.0 Å². The molecule has 2 aliphatic rings. The summed E-state index contributed by atoms with van der Waals surface area (Å²) < 4.78 is 12.1. The molecule has 1 aromatic heterocycles. The van der Waals surface area contributed by atoms with E-state index in [9.17, 15) is 4.79 Å². The van der Waals surface area contributed by atoms with Crippen molar-refractivity contribution in [3.05, 3.63) is 48.3 Å². The summed E-state index contributed by atoms with van der Waals surface area (Å²) >= 11 is 0. The molecule has 0 unspecified atom stereocenters. The predicted molar refractivity (Wildman–Crippen MR) is 110 cm³/mol. The van der Waals surface area contributed by atoms with Gasteiger partial charge in [0.15, 0.2) is 0 Å². The Morgan fingerprint density at radius 3 is 2.69 bits per heavy atom. The number of ether oxygens (including phenoxy) is 2. The number of hydrogen-bond acceptors (Lipinski definition) is 5. The normalized spacial score (nSPS) is 26.2. The summed E-state index contributed by atoms with van der Waals surface area (Å²) in [5, 5.41) is 3.31. The van der Waals surface area contributed by atoms with E-state index < -0.39 is 0 Å². The van der Waals surface area contributed by atoms with Gasteiger partial charge in [-0.15, -0.1) is 0 Å². The van der Waals surface area contributed by atoms with Crippen molar-refractivity contribution < 1.29 is 14.3 Å². The van der Waals surface area contributed by atoms with Crippen LogP contribution < -0.4 is 10.1 Å². The summed E-state index contributed by atoms with van der Waals surface area (Å²) in [6.45, 7) is 4.16. The van der Waals surface area contributed by atoms with E-state index in [0.29, 0.717) is 30.0 Å². The Morgan fingerprint density at radius 2 is 1.97 bits per heavy atom. The van der Waals surface area contributed by atoms with Gasteiger partial charge in [0.25, 0.3) is 0 Å². The lowest BCUT2D eigenvalue weighted by molar-refractivity contribution is -0.127. The first kappa shape index (κ1) is 19.8. The third kappa shape index (κ3) is 4.93. The summed E-state index contributed by atoms with van der Waals surface area (Å²) in [5.41, 5.74) is 1.11. The van der Waals surface area contributed by atoms with Crippen molar-refractivity contribution in [1.82, 2.24) is 15.3 Å². The Bertz CT molecular complexity index is 810. The highest BCUT2D eigenvalue weighted by molar-refractivity contribution is 5.76. The monoisotopic (exact) mass is 395 g/mol. The third-order valence-corrected chi connectivity index (χ3v) is 5.77. The van der Waals surface area contributed by atoms with Crippen molar-refractivity contribution in [2.75, 3.05) is 0 Å². The minimum atomic E-state index is -0.0132. The minimum absolute atomic E-state index is 0.0132. The molecule has 1 aliphatic heterocycles. The lowest BCUT2D eigenvalue weighted by Gasteiger charge is -2.39. The van der Waals surface area contributed by atoms with Crippen LogP contribution in [0, 0.1) is 11.8 Å². The van der Waals surface area contributed by atoms with Crippen molar-refractivity contribution in [1.29, 1.82) is 0 Å².